The zero-order valence-corrected chi connectivity index (χ0v) is 26.3. The normalized spacial score (nSPS) is 12.8. The SMILES string of the molecule is CCCCCCCCCCCCCCCOC(=O)[C@H](CC(C)C)NS(=O)(=O)CCCc1nccc2[nH]c(C)nc12. The number of carbonyl (C=O) groups excluding carboxylic acids is 1. The molecule has 228 valence electrons. The highest BCUT2D eigenvalue weighted by Gasteiger charge is 2.26. The molecule has 9 heteroatoms. The number of pyridine rings is 1. The molecule has 0 amide bonds. The third-order valence-electron chi connectivity index (χ3n) is 7.23. The van der Waals surface area contributed by atoms with E-state index in [9.17, 15) is 13.2 Å². The van der Waals surface area contributed by atoms with E-state index in [1.54, 1.807) is 6.20 Å². The molecule has 0 aliphatic heterocycles. The van der Waals surface area contributed by atoms with E-state index in [-0.39, 0.29) is 11.7 Å². The van der Waals surface area contributed by atoms with Crippen LogP contribution >= 0.6 is 0 Å². The maximum Gasteiger partial charge on any atom is 0.324 e. The molecule has 0 aromatic carbocycles. The van der Waals surface area contributed by atoms with E-state index < -0.39 is 22.0 Å². The van der Waals surface area contributed by atoms with Crippen LogP contribution in [0.4, 0.5) is 0 Å². The molecule has 2 aromatic heterocycles. The first-order chi connectivity index (χ1) is 19.2. The molecule has 0 fully saturated rings. The number of nitrogens with zero attached hydrogens (tertiary/aromatic N) is 2. The molecular formula is C31H54N4O4S. The molecule has 0 aliphatic rings. The lowest BCUT2D eigenvalue weighted by Gasteiger charge is -2.19. The van der Waals surface area contributed by atoms with Crippen molar-refractivity contribution in [1.29, 1.82) is 0 Å². The minimum absolute atomic E-state index is 0.0881. The second-order valence-electron chi connectivity index (χ2n) is 11.6. The summed E-state index contributed by atoms with van der Waals surface area (Å²) in [6.07, 6.45) is 19.3. The second-order valence-corrected chi connectivity index (χ2v) is 13.5. The highest BCUT2D eigenvalue weighted by molar-refractivity contribution is 7.89. The molecule has 8 nitrogen and oxygen atoms in total. The number of esters is 1. The molecular weight excluding hydrogens is 524 g/mol. The Morgan fingerprint density at radius 3 is 2.15 bits per heavy atom. The highest BCUT2D eigenvalue weighted by atomic mass is 32.2. The summed E-state index contributed by atoms with van der Waals surface area (Å²) in [5.41, 5.74) is 2.44. The summed E-state index contributed by atoms with van der Waals surface area (Å²) >= 11 is 0. The number of aryl methyl sites for hydroxylation is 2. The minimum Gasteiger partial charge on any atom is -0.465 e. The van der Waals surface area contributed by atoms with E-state index in [1.165, 1.54) is 64.2 Å². The van der Waals surface area contributed by atoms with Gasteiger partial charge >= 0.3 is 5.97 Å². The molecule has 40 heavy (non-hydrogen) atoms. The van der Waals surface area contributed by atoms with Crippen molar-refractivity contribution in [2.24, 2.45) is 5.92 Å². The number of imidazole rings is 1. The summed E-state index contributed by atoms with van der Waals surface area (Å²) in [6.45, 7) is 8.42. The second kappa shape index (κ2) is 19.2. The van der Waals surface area contributed by atoms with Gasteiger partial charge in [-0.15, -0.1) is 0 Å². The maximum absolute atomic E-state index is 12.8. The molecule has 2 heterocycles. The third kappa shape index (κ3) is 14.1. The number of aromatic amines is 1. The highest BCUT2D eigenvalue weighted by Crippen LogP contribution is 2.16. The van der Waals surface area contributed by atoms with Crippen LogP contribution in [0.15, 0.2) is 12.3 Å². The topological polar surface area (TPSA) is 114 Å². The van der Waals surface area contributed by atoms with Crippen molar-refractivity contribution in [2.75, 3.05) is 12.4 Å². The van der Waals surface area contributed by atoms with Crippen molar-refractivity contribution in [3.63, 3.8) is 0 Å². The summed E-state index contributed by atoms with van der Waals surface area (Å²) in [7, 11) is -3.66. The summed E-state index contributed by atoms with van der Waals surface area (Å²) in [5, 5.41) is 0. The van der Waals surface area contributed by atoms with Crippen molar-refractivity contribution < 1.29 is 17.9 Å². The molecule has 0 radical (unpaired) electrons. The first-order valence-electron chi connectivity index (χ1n) is 15.7. The van der Waals surface area contributed by atoms with Crippen LogP contribution in [0.5, 0.6) is 0 Å². The number of nitrogens with one attached hydrogen (secondary N) is 2. The number of fused-ring (bicyclic) bond motifs is 1. The molecule has 0 unspecified atom stereocenters. The molecule has 0 aliphatic carbocycles. The summed E-state index contributed by atoms with van der Waals surface area (Å²) in [5.74, 6) is 0.387. The zero-order chi connectivity index (χ0) is 29.2. The third-order valence-corrected chi connectivity index (χ3v) is 8.70. The van der Waals surface area contributed by atoms with Crippen LogP contribution in [0, 0.1) is 12.8 Å². The van der Waals surface area contributed by atoms with Crippen LogP contribution in [0.25, 0.3) is 11.0 Å². The smallest absolute Gasteiger partial charge is 0.324 e. The fourth-order valence-electron chi connectivity index (χ4n) is 5.06. The lowest BCUT2D eigenvalue weighted by Crippen LogP contribution is -2.43. The number of rotatable bonds is 23. The van der Waals surface area contributed by atoms with Gasteiger partial charge in [-0.05, 0) is 44.6 Å². The predicted molar refractivity (Wildman–Crippen MR) is 164 cm³/mol. The van der Waals surface area contributed by atoms with Crippen molar-refractivity contribution in [3.8, 4) is 0 Å². The standard InChI is InChI=1S/C31H54N4O4S/c1-5-6-7-8-9-10-11-12-13-14-15-16-17-22-39-31(36)29(24-25(2)3)35-40(37,38)23-18-19-27-30-28(20-21-32-27)33-26(4)34-30/h20-21,25,29,35H,5-19,22-24H2,1-4H3,(H,33,34)/t29-/m0/s1. The summed E-state index contributed by atoms with van der Waals surface area (Å²) < 4.78 is 33.7. The summed E-state index contributed by atoms with van der Waals surface area (Å²) in [6, 6.07) is 1.000. The molecule has 2 rings (SSSR count). The Kier molecular flexibility index (Phi) is 16.4. The number of unbranched alkanes of at least 4 members (excludes halogenated alkanes) is 12. The molecule has 0 bridgehead atoms. The van der Waals surface area contributed by atoms with E-state index in [4.69, 9.17) is 4.74 Å². The van der Waals surface area contributed by atoms with Gasteiger partial charge in [-0.2, -0.15) is 0 Å². The van der Waals surface area contributed by atoms with E-state index in [0.29, 0.717) is 25.9 Å². The quantitative estimate of drug-likeness (QED) is 0.107. The van der Waals surface area contributed by atoms with Gasteiger partial charge in [0, 0.05) is 6.20 Å². The Morgan fingerprint density at radius 1 is 0.950 bits per heavy atom. The Hall–Kier alpha value is -2.00. The first-order valence-corrected chi connectivity index (χ1v) is 17.3. The molecule has 0 spiro atoms. The van der Waals surface area contributed by atoms with Gasteiger partial charge in [0.2, 0.25) is 10.0 Å². The Bertz CT molecular complexity index is 1080. The van der Waals surface area contributed by atoms with E-state index in [2.05, 4.69) is 26.6 Å². The van der Waals surface area contributed by atoms with Gasteiger partial charge < -0.3 is 9.72 Å². The molecule has 0 saturated carbocycles. The summed E-state index contributed by atoms with van der Waals surface area (Å²) in [4.78, 5) is 24.8. The van der Waals surface area contributed by atoms with Crippen LogP contribution in [0.2, 0.25) is 0 Å². The van der Waals surface area contributed by atoms with Gasteiger partial charge in [-0.3, -0.25) is 9.78 Å². The van der Waals surface area contributed by atoms with Gasteiger partial charge in [0.15, 0.2) is 0 Å². The Morgan fingerprint density at radius 2 is 1.55 bits per heavy atom. The number of carbonyl (C=O) groups is 1. The van der Waals surface area contributed by atoms with E-state index >= 15 is 0 Å². The monoisotopic (exact) mass is 578 g/mol. The van der Waals surface area contributed by atoms with Crippen LogP contribution in [-0.4, -0.2) is 47.7 Å². The average molecular weight is 579 g/mol. The minimum atomic E-state index is -3.66. The Labute approximate surface area is 242 Å². The van der Waals surface area contributed by atoms with Crippen molar-refractivity contribution in [2.45, 2.75) is 136 Å². The molecule has 1 atom stereocenters. The molecule has 2 N–H and O–H groups in total. The number of sulfonamides is 1. The fraction of sp³-hybridized carbons (Fsp3) is 0.774. The number of ether oxygens (including phenoxy) is 1. The molecule has 2 aromatic rings. The van der Waals surface area contributed by atoms with Crippen LogP contribution in [0.3, 0.4) is 0 Å². The van der Waals surface area contributed by atoms with Crippen molar-refractivity contribution >= 4 is 27.0 Å². The van der Waals surface area contributed by atoms with Gasteiger partial charge in [0.25, 0.3) is 0 Å². The van der Waals surface area contributed by atoms with E-state index in [0.717, 1.165) is 41.8 Å². The number of H-pyrrole nitrogens is 1. The zero-order valence-electron chi connectivity index (χ0n) is 25.5. The Balaban J connectivity index is 1.64. The fourth-order valence-corrected chi connectivity index (χ4v) is 6.33. The predicted octanol–water partition coefficient (Wildman–Crippen LogP) is 7.17. The van der Waals surface area contributed by atoms with Crippen LogP contribution in [-0.2, 0) is 26.0 Å². The lowest BCUT2D eigenvalue weighted by molar-refractivity contribution is -0.146. The number of hydrogen-bond donors (Lipinski definition) is 2. The average Bonchev–Trinajstić information content (AvgIpc) is 3.29. The maximum atomic E-state index is 12.8. The van der Waals surface area contributed by atoms with Gasteiger partial charge in [0.1, 0.15) is 17.4 Å². The van der Waals surface area contributed by atoms with Crippen LogP contribution in [0.1, 0.15) is 129 Å². The number of hydrogen-bond acceptors (Lipinski definition) is 6. The molecule has 0 saturated heterocycles. The number of aromatic nitrogens is 3. The van der Waals surface area contributed by atoms with Crippen molar-refractivity contribution in [3.05, 3.63) is 23.8 Å². The van der Waals surface area contributed by atoms with Crippen molar-refractivity contribution in [1.82, 2.24) is 19.7 Å². The van der Waals surface area contributed by atoms with Gasteiger partial charge in [-0.1, -0.05) is 97.8 Å². The van der Waals surface area contributed by atoms with Gasteiger partial charge in [0.05, 0.1) is 23.6 Å². The van der Waals surface area contributed by atoms with Crippen LogP contribution < -0.4 is 4.72 Å². The van der Waals surface area contributed by atoms with E-state index in [1.807, 2.05) is 26.8 Å². The largest absolute Gasteiger partial charge is 0.465 e. The van der Waals surface area contributed by atoms with Gasteiger partial charge in [-0.25, -0.2) is 18.1 Å². The lowest BCUT2D eigenvalue weighted by atomic mass is 10.0. The first kappa shape index (κ1) is 34.2.